The van der Waals surface area contributed by atoms with Crippen molar-refractivity contribution in [3.63, 3.8) is 0 Å². The summed E-state index contributed by atoms with van der Waals surface area (Å²) in [4.78, 5) is 13.1. The van der Waals surface area contributed by atoms with Gasteiger partial charge in [0.25, 0.3) is 0 Å². The van der Waals surface area contributed by atoms with Crippen LogP contribution in [0.3, 0.4) is 0 Å². The Kier molecular flexibility index (Phi) is 63.7. The van der Waals surface area contributed by atoms with Gasteiger partial charge >= 0.3 is 0 Å². The molecule has 9 nitrogen and oxygen atoms in total. The van der Waals surface area contributed by atoms with Crippen molar-refractivity contribution in [2.24, 2.45) is 0 Å². The minimum Gasteiger partial charge on any atom is -0.394 e. The summed E-state index contributed by atoms with van der Waals surface area (Å²) in [5.41, 5.74) is 0. The van der Waals surface area contributed by atoms with Gasteiger partial charge in [0.1, 0.15) is 24.4 Å². The molecule has 0 saturated carbocycles. The van der Waals surface area contributed by atoms with Gasteiger partial charge in [-0.05, 0) is 83.5 Å². The highest BCUT2D eigenvalue weighted by molar-refractivity contribution is 5.76. The van der Waals surface area contributed by atoms with E-state index >= 15 is 0 Å². The number of nitrogens with one attached hydrogen (secondary N) is 1. The van der Waals surface area contributed by atoms with E-state index in [1.807, 2.05) is 6.08 Å². The molecule has 7 atom stereocenters. The molecule has 0 aromatic heterocycles. The van der Waals surface area contributed by atoms with Crippen LogP contribution in [0.4, 0.5) is 0 Å². The van der Waals surface area contributed by atoms with E-state index in [1.54, 1.807) is 6.08 Å². The molecule has 9 heteroatoms. The molecule has 7 unspecified atom stereocenters. The van der Waals surface area contributed by atoms with Gasteiger partial charge in [-0.1, -0.05) is 349 Å². The first-order valence-electron chi connectivity index (χ1n) is 37.8. The molecule has 512 valence electrons. The second-order valence-electron chi connectivity index (χ2n) is 26.0. The Labute approximate surface area is 543 Å². The zero-order chi connectivity index (χ0) is 63.5. The summed E-state index contributed by atoms with van der Waals surface area (Å²) in [7, 11) is 0. The van der Waals surface area contributed by atoms with Crippen molar-refractivity contribution in [3.05, 3.63) is 85.1 Å². The van der Waals surface area contributed by atoms with Gasteiger partial charge in [-0.3, -0.25) is 4.79 Å². The van der Waals surface area contributed by atoms with E-state index in [0.717, 1.165) is 70.6 Å². The van der Waals surface area contributed by atoms with Crippen molar-refractivity contribution >= 4 is 5.91 Å². The average molecular weight is 1240 g/mol. The number of ether oxygens (including phenoxy) is 2. The monoisotopic (exact) mass is 1230 g/mol. The van der Waals surface area contributed by atoms with Gasteiger partial charge in [0.2, 0.25) is 5.91 Å². The molecule has 0 aromatic carbocycles. The van der Waals surface area contributed by atoms with Gasteiger partial charge in [-0.15, -0.1) is 0 Å². The summed E-state index contributed by atoms with van der Waals surface area (Å²) < 4.78 is 11.3. The average Bonchev–Trinajstić information content (AvgIpc) is 3.29. The van der Waals surface area contributed by atoms with Crippen LogP contribution in [0.2, 0.25) is 0 Å². The largest absolute Gasteiger partial charge is 0.394 e. The molecule has 1 aliphatic rings. The minimum absolute atomic E-state index is 0.186. The van der Waals surface area contributed by atoms with Crippen molar-refractivity contribution in [1.82, 2.24) is 5.32 Å². The summed E-state index contributed by atoms with van der Waals surface area (Å²) in [5.74, 6) is -0.186. The van der Waals surface area contributed by atoms with Crippen molar-refractivity contribution < 1.29 is 39.8 Å². The van der Waals surface area contributed by atoms with Crippen LogP contribution in [-0.4, -0.2) is 87.5 Å². The van der Waals surface area contributed by atoms with Crippen LogP contribution in [0.15, 0.2) is 85.1 Å². The molecule has 6 N–H and O–H groups in total. The number of carbonyl (C=O) groups excluding carboxylic acids is 1. The van der Waals surface area contributed by atoms with Crippen LogP contribution >= 0.6 is 0 Å². The summed E-state index contributed by atoms with van der Waals surface area (Å²) in [6.45, 7) is 3.69. The van der Waals surface area contributed by atoms with Crippen molar-refractivity contribution in [1.29, 1.82) is 0 Å². The second kappa shape index (κ2) is 67.3. The molecule has 1 heterocycles. The molecule has 1 amide bonds. The summed E-state index contributed by atoms with van der Waals surface area (Å²) in [6, 6.07) is -0.832. The Morgan fingerprint density at radius 1 is 0.398 bits per heavy atom. The molecule has 0 radical (unpaired) electrons. The molecular formula is C79H143NO8. The standard InChI is InChI=1S/C79H143NO8/c1-3-5-7-9-11-13-15-17-19-21-23-25-27-29-31-33-34-35-36-37-38-39-40-41-43-45-47-49-51-53-55-57-59-61-63-65-67-69-75(83)80-72(71-87-79-78(86)77(85)76(84)74(70-81)88-79)73(82)68-66-64-62-60-58-56-54-52-50-48-46-44-42-32-30-28-26-24-22-20-18-16-14-12-10-8-6-4-2/h5,7,11,13,17,19,23,25,50,52,58,60,66,68,72-74,76-79,81-82,84-86H,3-4,6,8-10,12,14-16,18,20-22,24,26-49,51,53-57,59,61-65,67,69-71H2,1-2H3,(H,80,83)/b7-5-,13-11-,19-17-,25-23-,52-50+,60-58+,68-66+. The Hall–Kier alpha value is -2.63. The second-order valence-corrected chi connectivity index (χ2v) is 26.0. The highest BCUT2D eigenvalue weighted by Gasteiger charge is 2.44. The van der Waals surface area contributed by atoms with E-state index in [9.17, 15) is 30.3 Å². The number of rotatable bonds is 66. The minimum atomic E-state index is -1.58. The Bertz CT molecular complexity index is 1670. The molecule has 0 spiro atoms. The third-order valence-electron chi connectivity index (χ3n) is 17.7. The first-order chi connectivity index (χ1) is 43.3. The molecule has 1 saturated heterocycles. The number of hydrogen-bond acceptors (Lipinski definition) is 8. The predicted octanol–water partition coefficient (Wildman–Crippen LogP) is 21.3. The van der Waals surface area contributed by atoms with E-state index in [2.05, 4.69) is 92.1 Å². The maximum atomic E-state index is 13.1. The van der Waals surface area contributed by atoms with Gasteiger partial charge in [-0.25, -0.2) is 0 Å². The maximum absolute atomic E-state index is 13.1. The van der Waals surface area contributed by atoms with Crippen LogP contribution in [0.25, 0.3) is 0 Å². The van der Waals surface area contributed by atoms with Crippen LogP contribution in [0.1, 0.15) is 354 Å². The molecule has 0 aliphatic carbocycles. The van der Waals surface area contributed by atoms with E-state index < -0.39 is 49.5 Å². The van der Waals surface area contributed by atoms with Gasteiger partial charge in [-0.2, -0.15) is 0 Å². The first kappa shape index (κ1) is 83.4. The topological polar surface area (TPSA) is 149 Å². The fraction of sp³-hybridized carbons (Fsp3) is 0.810. The summed E-state index contributed by atoms with van der Waals surface area (Å²) in [5, 5.41) is 54.8. The molecule has 0 aromatic rings. The lowest BCUT2D eigenvalue weighted by Crippen LogP contribution is -2.60. The third-order valence-corrected chi connectivity index (χ3v) is 17.7. The highest BCUT2D eigenvalue weighted by atomic mass is 16.7. The molecule has 1 aliphatic heterocycles. The van der Waals surface area contributed by atoms with Crippen LogP contribution < -0.4 is 5.32 Å². The first-order valence-corrected chi connectivity index (χ1v) is 37.8. The summed E-state index contributed by atoms with van der Waals surface area (Å²) >= 11 is 0. The SMILES string of the molecule is CC/C=C\C/C=C\C/C=C\C/C=C\CCCCCCCCCCCCCCCCCCCCCCCCCCC(=O)NC(COC1OC(CO)C(O)C(O)C1O)C(O)/C=C/CC/C=C/CC/C=C/CCCCCCCCCCCCCCCCCCCC. The van der Waals surface area contributed by atoms with Gasteiger partial charge in [0.15, 0.2) is 6.29 Å². The lowest BCUT2D eigenvalue weighted by Gasteiger charge is -2.40. The number of hydrogen-bond donors (Lipinski definition) is 6. The summed E-state index contributed by atoms with van der Waals surface area (Å²) in [6.07, 6.45) is 90.1. The molecule has 0 bridgehead atoms. The quantitative estimate of drug-likeness (QED) is 0.0261. The van der Waals surface area contributed by atoms with Gasteiger partial charge < -0.3 is 40.3 Å². The number of aliphatic hydroxyl groups is 5. The molecular weight excluding hydrogens is 1090 g/mol. The van der Waals surface area contributed by atoms with Crippen molar-refractivity contribution in [2.45, 2.75) is 397 Å². The number of carbonyl (C=O) groups is 1. The van der Waals surface area contributed by atoms with Crippen LogP contribution in [0, 0.1) is 0 Å². The fourth-order valence-electron chi connectivity index (χ4n) is 11.8. The van der Waals surface area contributed by atoms with Gasteiger partial charge in [0.05, 0.1) is 25.4 Å². The van der Waals surface area contributed by atoms with E-state index in [0.29, 0.717) is 6.42 Å². The molecule has 1 rings (SSSR count). The normalized spacial score (nSPS) is 18.4. The Morgan fingerprint density at radius 2 is 0.716 bits per heavy atom. The lowest BCUT2D eigenvalue weighted by atomic mass is 9.99. The van der Waals surface area contributed by atoms with Crippen molar-refractivity contribution in [3.8, 4) is 0 Å². The van der Waals surface area contributed by atoms with Gasteiger partial charge in [0, 0.05) is 6.42 Å². The van der Waals surface area contributed by atoms with Crippen LogP contribution in [0.5, 0.6) is 0 Å². The predicted molar refractivity (Wildman–Crippen MR) is 378 cm³/mol. The fourth-order valence-corrected chi connectivity index (χ4v) is 11.8. The van der Waals surface area contributed by atoms with E-state index in [4.69, 9.17) is 9.47 Å². The zero-order valence-corrected chi connectivity index (χ0v) is 57.5. The number of unbranched alkanes of at least 4 members (excludes halogenated alkanes) is 44. The Balaban J connectivity index is 2.10. The highest BCUT2D eigenvalue weighted by Crippen LogP contribution is 2.23. The third kappa shape index (κ3) is 55.0. The Morgan fingerprint density at radius 3 is 1.09 bits per heavy atom. The zero-order valence-electron chi connectivity index (χ0n) is 57.5. The smallest absolute Gasteiger partial charge is 0.220 e. The molecule has 1 fully saturated rings. The maximum Gasteiger partial charge on any atom is 0.220 e. The number of aliphatic hydroxyl groups excluding tert-OH is 5. The van der Waals surface area contributed by atoms with Crippen LogP contribution in [-0.2, 0) is 14.3 Å². The van der Waals surface area contributed by atoms with E-state index in [1.165, 1.54) is 263 Å². The van der Waals surface area contributed by atoms with E-state index in [-0.39, 0.29) is 12.5 Å². The number of amides is 1. The molecule has 88 heavy (non-hydrogen) atoms. The van der Waals surface area contributed by atoms with Crippen molar-refractivity contribution in [2.75, 3.05) is 13.2 Å². The lowest BCUT2D eigenvalue weighted by molar-refractivity contribution is -0.302. The number of allylic oxidation sites excluding steroid dienone is 13.